The van der Waals surface area contributed by atoms with Crippen LogP contribution in [0.5, 0.6) is 0 Å². The fourth-order valence-corrected chi connectivity index (χ4v) is 2.44. The van der Waals surface area contributed by atoms with E-state index in [1.165, 1.54) is 4.90 Å². The molecule has 1 N–H and O–H groups in total. The number of amides is 1. The molecule has 0 aliphatic rings. The summed E-state index contributed by atoms with van der Waals surface area (Å²) in [6, 6.07) is 9.04. The molecule has 6 nitrogen and oxygen atoms in total. The van der Waals surface area contributed by atoms with Gasteiger partial charge in [-0.25, -0.2) is 13.1 Å². The van der Waals surface area contributed by atoms with Gasteiger partial charge in [-0.15, -0.1) is 0 Å². The first-order valence-electron chi connectivity index (χ1n) is 6.69. The van der Waals surface area contributed by atoms with E-state index in [0.29, 0.717) is 12.1 Å². The average Bonchev–Trinajstić information content (AvgIpc) is 2.99. The van der Waals surface area contributed by atoms with Gasteiger partial charge < -0.3 is 9.32 Å². The molecule has 0 radical (unpaired) electrons. The topological polar surface area (TPSA) is 79.6 Å². The first kappa shape index (κ1) is 16.3. The molecule has 0 bridgehead atoms. The number of sulfonamides is 1. The maximum atomic E-state index is 12.3. The molecule has 0 saturated heterocycles. The fraction of sp³-hybridized carbons (Fsp3) is 0.267. The summed E-state index contributed by atoms with van der Waals surface area (Å²) < 4.78 is 29.4. The van der Waals surface area contributed by atoms with E-state index in [2.05, 4.69) is 4.72 Å². The van der Waals surface area contributed by atoms with Gasteiger partial charge in [0.05, 0.1) is 18.8 Å². The second-order valence-corrected chi connectivity index (χ2v) is 6.82. The number of hydrogen-bond acceptors (Lipinski definition) is 4. The van der Waals surface area contributed by atoms with Crippen molar-refractivity contribution in [2.45, 2.75) is 0 Å². The van der Waals surface area contributed by atoms with Gasteiger partial charge in [-0.1, -0.05) is 12.1 Å². The van der Waals surface area contributed by atoms with E-state index in [1.54, 1.807) is 37.8 Å². The molecular formula is C15H18N2O4S. The van der Waals surface area contributed by atoms with Crippen molar-refractivity contribution >= 4 is 15.9 Å². The molecule has 22 heavy (non-hydrogen) atoms. The molecule has 0 aliphatic carbocycles. The van der Waals surface area contributed by atoms with E-state index in [1.807, 2.05) is 12.1 Å². The van der Waals surface area contributed by atoms with Crippen LogP contribution in [0.15, 0.2) is 47.3 Å². The molecule has 118 valence electrons. The lowest BCUT2D eigenvalue weighted by atomic mass is 10.1. The molecular weight excluding hydrogens is 304 g/mol. The van der Waals surface area contributed by atoms with Gasteiger partial charge >= 0.3 is 0 Å². The smallest absolute Gasteiger partial charge is 0.253 e. The summed E-state index contributed by atoms with van der Waals surface area (Å²) in [6.45, 7) is 0.477. The minimum atomic E-state index is -3.24. The van der Waals surface area contributed by atoms with Gasteiger partial charge in [0.1, 0.15) is 0 Å². The van der Waals surface area contributed by atoms with Crippen LogP contribution < -0.4 is 4.72 Å². The number of furan rings is 1. The fourth-order valence-electron chi connectivity index (χ4n) is 1.98. The van der Waals surface area contributed by atoms with Crippen molar-refractivity contribution in [1.29, 1.82) is 0 Å². The van der Waals surface area contributed by atoms with Crippen LogP contribution in [0.4, 0.5) is 0 Å². The van der Waals surface area contributed by atoms with Crippen LogP contribution in [0, 0.1) is 0 Å². The van der Waals surface area contributed by atoms with E-state index < -0.39 is 10.0 Å². The first-order chi connectivity index (χ1) is 10.4. The minimum Gasteiger partial charge on any atom is -0.472 e. The van der Waals surface area contributed by atoms with Crippen molar-refractivity contribution < 1.29 is 17.6 Å². The Hall–Kier alpha value is -2.12. The maximum Gasteiger partial charge on any atom is 0.253 e. The molecule has 1 aromatic carbocycles. The summed E-state index contributed by atoms with van der Waals surface area (Å²) in [7, 11) is -1.61. The number of likely N-dealkylation sites (N-methyl/N-ethyl adjacent to an activating group) is 1. The highest BCUT2D eigenvalue weighted by Gasteiger charge is 2.13. The van der Waals surface area contributed by atoms with Crippen molar-refractivity contribution in [3.8, 4) is 11.1 Å². The van der Waals surface area contributed by atoms with Crippen molar-refractivity contribution in [2.75, 3.05) is 26.4 Å². The maximum absolute atomic E-state index is 12.3. The number of benzene rings is 1. The molecule has 0 saturated carbocycles. The van der Waals surface area contributed by atoms with Crippen LogP contribution in [0.1, 0.15) is 10.4 Å². The Bertz CT molecular complexity index is 739. The van der Waals surface area contributed by atoms with Crippen LogP contribution in [-0.2, 0) is 10.0 Å². The van der Waals surface area contributed by atoms with Crippen molar-refractivity contribution in [1.82, 2.24) is 9.62 Å². The third kappa shape index (κ3) is 4.44. The molecule has 1 heterocycles. The highest BCUT2D eigenvalue weighted by atomic mass is 32.2. The average molecular weight is 322 g/mol. The van der Waals surface area contributed by atoms with E-state index in [0.717, 1.165) is 17.4 Å². The minimum absolute atomic E-state index is 0.166. The summed E-state index contributed by atoms with van der Waals surface area (Å²) in [4.78, 5) is 13.8. The second kappa shape index (κ2) is 6.76. The van der Waals surface area contributed by atoms with Gasteiger partial charge in [0, 0.05) is 31.3 Å². The molecule has 1 aromatic heterocycles. The molecule has 7 heteroatoms. The van der Waals surface area contributed by atoms with Crippen LogP contribution in [0.2, 0.25) is 0 Å². The molecule has 1 amide bonds. The number of hydrogen-bond donors (Lipinski definition) is 1. The summed E-state index contributed by atoms with van der Waals surface area (Å²) >= 11 is 0. The van der Waals surface area contributed by atoms with Crippen molar-refractivity contribution in [2.24, 2.45) is 0 Å². The Morgan fingerprint density at radius 2 is 2.05 bits per heavy atom. The van der Waals surface area contributed by atoms with E-state index in [9.17, 15) is 13.2 Å². The monoisotopic (exact) mass is 322 g/mol. The Morgan fingerprint density at radius 3 is 2.68 bits per heavy atom. The number of nitrogens with zero attached hydrogens (tertiary/aromatic N) is 1. The van der Waals surface area contributed by atoms with E-state index >= 15 is 0 Å². The Kier molecular flexibility index (Phi) is 4.99. The number of carbonyl (C=O) groups is 1. The predicted octanol–water partition coefficient (Wildman–Crippen LogP) is 1.57. The normalized spacial score (nSPS) is 11.4. The summed E-state index contributed by atoms with van der Waals surface area (Å²) in [5.74, 6) is -0.166. The largest absolute Gasteiger partial charge is 0.472 e. The highest BCUT2D eigenvalue weighted by Crippen LogP contribution is 2.21. The number of carbonyl (C=O) groups excluding carboxylic acids is 1. The van der Waals surface area contributed by atoms with Crippen LogP contribution in [0.25, 0.3) is 11.1 Å². The summed E-state index contributed by atoms with van der Waals surface area (Å²) in [5, 5.41) is 0. The van der Waals surface area contributed by atoms with Crippen molar-refractivity contribution in [3.05, 3.63) is 48.4 Å². The lowest BCUT2D eigenvalue weighted by Gasteiger charge is -2.17. The summed E-state index contributed by atoms with van der Waals surface area (Å²) in [6.07, 6.45) is 4.28. The number of nitrogens with one attached hydrogen (secondary N) is 1. The molecule has 0 atom stereocenters. The highest BCUT2D eigenvalue weighted by molar-refractivity contribution is 7.88. The number of rotatable bonds is 6. The zero-order chi connectivity index (χ0) is 16.2. The molecule has 2 rings (SSSR count). The SMILES string of the molecule is CN(CCNS(C)(=O)=O)C(=O)c1cccc(-c2ccoc2)c1. The standard InChI is InChI=1S/C15H18N2O4S/c1-17(8-7-16-22(2,19)20)15(18)13-5-3-4-12(10-13)14-6-9-21-11-14/h3-6,9-11,16H,7-8H2,1-2H3. The van der Waals surface area contributed by atoms with Gasteiger partial charge in [0.25, 0.3) is 5.91 Å². The Morgan fingerprint density at radius 1 is 1.27 bits per heavy atom. The van der Waals surface area contributed by atoms with Gasteiger partial charge in [0.2, 0.25) is 10.0 Å². The third-order valence-electron chi connectivity index (χ3n) is 3.12. The molecule has 2 aromatic rings. The zero-order valence-corrected chi connectivity index (χ0v) is 13.3. The van der Waals surface area contributed by atoms with Gasteiger partial charge in [-0.05, 0) is 23.8 Å². The molecule has 0 aliphatic heterocycles. The summed E-state index contributed by atoms with van der Waals surface area (Å²) in [5.41, 5.74) is 2.33. The van der Waals surface area contributed by atoms with E-state index in [-0.39, 0.29) is 12.5 Å². The lowest BCUT2D eigenvalue weighted by molar-refractivity contribution is 0.0798. The van der Waals surface area contributed by atoms with E-state index in [4.69, 9.17) is 4.42 Å². The van der Waals surface area contributed by atoms with Crippen LogP contribution in [-0.4, -0.2) is 45.6 Å². The molecule has 0 fully saturated rings. The van der Waals surface area contributed by atoms with Gasteiger partial charge in [-0.2, -0.15) is 0 Å². The van der Waals surface area contributed by atoms with Crippen LogP contribution in [0.3, 0.4) is 0 Å². The first-order valence-corrected chi connectivity index (χ1v) is 8.59. The quantitative estimate of drug-likeness (QED) is 0.875. The van der Waals surface area contributed by atoms with Gasteiger partial charge in [0.15, 0.2) is 0 Å². The predicted molar refractivity (Wildman–Crippen MR) is 84.0 cm³/mol. The Labute approximate surface area is 129 Å². The van der Waals surface area contributed by atoms with Crippen LogP contribution >= 0.6 is 0 Å². The third-order valence-corrected chi connectivity index (χ3v) is 3.85. The zero-order valence-electron chi connectivity index (χ0n) is 12.4. The molecule has 0 spiro atoms. The second-order valence-electron chi connectivity index (χ2n) is 4.99. The van der Waals surface area contributed by atoms with Gasteiger partial charge in [-0.3, -0.25) is 4.79 Å². The molecule has 0 unspecified atom stereocenters. The lowest BCUT2D eigenvalue weighted by Crippen LogP contribution is -2.35. The van der Waals surface area contributed by atoms with Crippen molar-refractivity contribution in [3.63, 3.8) is 0 Å². The Balaban J connectivity index is 2.04.